The number of unbranched alkanes of at least 4 members (excludes halogenated alkanes) is 1. The van der Waals surface area contributed by atoms with Crippen LogP contribution in [0.5, 0.6) is 0 Å². The van der Waals surface area contributed by atoms with Gasteiger partial charge in [0.05, 0.1) is 35.9 Å². The number of cyclic esters (lactones) is 1. The van der Waals surface area contributed by atoms with Crippen LogP contribution in [0, 0.1) is 17.8 Å². The lowest BCUT2D eigenvalue weighted by Gasteiger charge is -2.45. The Bertz CT molecular complexity index is 1710. The third kappa shape index (κ3) is 9.59. The van der Waals surface area contributed by atoms with E-state index in [1.54, 1.807) is 51.3 Å². The molecule has 5 rings (SSSR count). The number of Topliss-reactive ketones (excluding diaryl/α,β-unsaturated/α-hetero) is 2. The lowest BCUT2D eigenvalue weighted by atomic mass is 9.74. The average molecular weight is 798 g/mol. The predicted molar refractivity (Wildman–Crippen MR) is 210 cm³/mol. The largest absolute Gasteiger partial charge is 0.458 e. The highest BCUT2D eigenvalue weighted by atomic mass is 16.7. The van der Waals surface area contributed by atoms with Crippen LogP contribution in [-0.2, 0) is 44.6 Å². The Kier molecular flexibility index (Phi) is 14.3. The van der Waals surface area contributed by atoms with Crippen molar-refractivity contribution < 1.29 is 48.0 Å². The first kappa shape index (κ1) is 44.3. The van der Waals surface area contributed by atoms with Crippen molar-refractivity contribution >= 4 is 23.6 Å². The third-order valence-corrected chi connectivity index (χ3v) is 12.5. The lowest BCUT2D eigenvalue weighted by Crippen LogP contribution is -2.59. The molecule has 0 bridgehead atoms. The monoisotopic (exact) mass is 797 g/mol. The van der Waals surface area contributed by atoms with Crippen LogP contribution in [0.25, 0.3) is 11.3 Å². The number of amides is 1. The van der Waals surface area contributed by atoms with Crippen molar-refractivity contribution in [2.24, 2.45) is 17.8 Å². The maximum Gasteiger partial charge on any atom is 0.410 e. The van der Waals surface area contributed by atoms with E-state index in [1.807, 2.05) is 55.7 Å². The molecular weight excluding hydrogens is 734 g/mol. The van der Waals surface area contributed by atoms with Crippen LogP contribution in [0.1, 0.15) is 87.0 Å². The number of nitrogens with zero attached hydrogens (tertiary/aromatic N) is 5. The van der Waals surface area contributed by atoms with Crippen molar-refractivity contribution in [1.82, 2.24) is 24.3 Å². The molecule has 12 atom stereocenters. The highest BCUT2D eigenvalue weighted by Crippen LogP contribution is 2.42. The number of rotatable bonds is 11. The molecular formula is C42H63N5O10. The van der Waals surface area contributed by atoms with Crippen molar-refractivity contribution in [2.75, 3.05) is 27.7 Å². The number of aromatic nitrogens is 3. The van der Waals surface area contributed by atoms with Gasteiger partial charge in [0.15, 0.2) is 11.9 Å². The van der Waals surface area contributed by atoms with Crippen LogP contribution in [-0.4, -0.2) is 135 Å². The molecule has 3 aliphatic rings. The minimum atomic E-state index is -1.39. The highest BCUT2D eigenvalue weighted by molar-refractivity contribution is 5.99. The van der Waals surface area contributed by atoms with Crippen LogP contribution in [0.2, 0.25) is 0 Å². The molecule has 0 spiro atoms. The Morgan fingerprint density at radius 1 is 1.07 bits per heavy atom. The Labute approximate surface area is 336 Å². The van der Waals surface area contributed by atoms with E-state index < -0.39 is 77.4 Å². The number of ether oxygens (including phenoxy) is 5. The number of ketones is 2. The van der Waals surface area contributed by atoms with Gasteiger partial charge in [0.1, 0.15) is 29.7 Å². The Hall–Kier alpha value is -3.76. The number of pyridine rings is 1. The SMILES string of the molecule is CC[C@H]1OC(=O)[C@H](C)C(=O)C[C@@H](O[C@@H]2O[C@H](C)C[C@H](N(C)C)[C@H]2O)[C@](C)(OC)C[C@@H](C)C(=O)[C@H](C)[C@H]2N(CCCCn3cnc(-c4cccnc4)c3)C(=O)O[C@]12C. The summed E-state index contributed by atoms with van der Waals surface area (Å²) in [4.78, 5) is 68.4. The van der Waals surface area contributed by atoms with E-state index in [1.165, 1.54) is 14.0 Å². The smallest absolute Gasteiger partial charge is 0.410 e. The Morgan fingerprint density at radius 3 is 2.44 bits per heavy atom. The van der Waals surface area contributed by atoms with E-state index in [9.17, 15) is 24.3 Å². The van der Waals surface area contributed by atoms with E-state index in [0.717, 1.165) is 11.3 Å². The van der Waals surface area contributed by atoms with Crippen molar-refractivity contribution in [3.63, 3.8) is 0 Å². The van der Waals surface area contributed by atoms with Gasteiger partial charge in [-0.1, -0.05) is 20.8 Å². The summed E-state index contributed by atoms with van der Waals surface area (Å²) in [5.41, 5.74) is -0.900. The molecule has 15 nitrogen and oxygen atoms in total. The Morgan fingerprint density at radius 2 is 1.79 bits per heavy atom. The number of aliphatic hydroxyl groups excluding tert-OH is 1. The van der Waals surface area contributed by atoms with Gasteiger partial charge >= 0.3 is 12.1 Å². The van der Waals surface area contributed by atoms with Gasteiger partial charge in [0.25, 0.3) is 0 Å². The molecule has 1 N–H and O–H groups in total. The van der Waals surface area contributed by atoms with Gasteiger partial charge in [-0.2, -0.15) is 0 Å². The molecule has 316 valence electrons. The second-order valence-electron chi connectivity index (χ2n) is 16.9. The number of fused-ring (bicyclic) bond motifs is 1. The van der Waals surface area contributed by atoms with Crippen LogP contribution in [0.3, 0.4) is 0 Å². The van der Waals surface area contributed by atoms with E-state index in [-0.39, 0.29) is 37.2 Å². The molecule has 57 heavy (non-hydrogen) atoms. The molecule has 3 aliphatic heterocycles. The van der Waals surface area contributed by atoms with Crippen LogP contribution in [0.4, 0.5) is 4.79 Å². The number of hydrogen-bond acceptors (Lipinski definition) is 13. The van der Waals surface area contributed by atoms with Crippen molar-refractivity contribution in [3.05, 3.63) is 37.1 Å². The fourth-order valence-electron chi connectivity index (χ4n) is 8.93. The molecule has 2 aromatic heterocycles. The molecule has 0 aliphatic carbocycles. The molecule has 5 heterocycles. The molecule has 1 amide bonds. The Balaban J connectivity index is 1.41. The van der Waals surface area contributed by atoms with Crippen LogP contribution >= 0.6 is 0 Å². The number of aliphatic hydroxyl groups is 1. The molecule has 0 saturated carbocycles. The summed E-state index contributed by atoms with van der Waals surface area (Å²) in [7, 11) is 5.23. The molecule has 15 heteroatoms. The van der Waals surface area contributed by atoms with E-state index in [4.69, 9.17) is 23.7 Å². The standard InChI is InChI=1S/C42H63N5O10/c1-11-33-42(7)37(47(40(52)57-42)18-13-12-17-46-23-30(44-24-46)29-15-14-16-43-22-29)28(5)35(49)25(2)21-41(6,53-10)34(20-32(48)27(4)38(51)55-33)56-39-36(50)31(45(8)9)19-26(3)54-39/h14-16,22-28,31,33-34,36-37,39,50H,11-13,17-21H2,1-10H3/t25-,26-,27-,28+,31+,33-,34-,36-,37-,39+,41-,42-/m1/s1. The predicted octanol–water partition coefficient (Wildman–Crippen LogP) is 4.68. The minimum absolute atomic E-state index is 0.139. The first-order valence-corrected chi connectivity index (χ1v) is 20.3. The number of carbonyl (C=O) groups is 4. The van der Waals surface area contributed by atoms with Gasteiger partial charge in [-0.15, -0.1) is 0 Å². The summed E-state index contributed by atoms with van der Waals surface area (Å²) in [5.74, 6) is -3.96. The number of likely N-dealkylation sites (N-methyl/N-ethyl adjacent to an activating group) is 1. The van der Waals surface area contributed by atoms with Crippen molar-refractivity contribution in [1.29, 1.82) is 0 Å². The van der Waals surface area contributed by atoms with Crippen LogP contribution in [0.15, 0.2) is 37.1 Å². The number of hydrogen-bond donors (Lipinski definition) is 1. The first-order valence-electron chi connectivity index (χ1n) is 20.3. The van der Waals surface area contributed by atoms with Crippen molar-refractivity contribution in [3.8, 4) is 11.3 Å². The summed E-state index contributed by atoms with van der Waals surface area (Å²) in [6.07, 6.45) is 4.28. The fraction of sp³-hybridized carbons (Fsp3) is 0.714. The summed E-state index contributed by atoms with van der Waals surface area (Å²) >= 11 is 0. The fourth-order valence-corrected chi connectivity index (χ4v) is 8.93. The maximum absolute atomic E-state index is 14.6. The molecule has 2 aromatic rings. The topological polar surface area (TPSA) is 172 Å². The molecule has 3 saturated heterocycles. The quantitative estimate of drug-likeness (QED) is 0.189. The van der Waals surface area contributed by atoms with Gasteiger partial charge in [0, 0.05) is 68.7 Å². The highest BCUT2D eigenvalue weighted by Gasteiger charge is 2.60. The van der Waals surface area contributed by atoms with Crippen LogP contribution < -0.4 is 0 Å². The van der Waals surface area contributed by atoms with Gasteiger partial charge in [0.2, 0.25) is 0 Å². The maximum atomic E-state index is 14.6. The molecule has 0 unspecified atom stereocenters. The summed E-state index contributed by atoms with van der Waals surface area (Å²) in [5, 5.41) is 11.4. The van der Waals surface area contributed by atoms with Gasteiger partial charge in [-0.25, -0.2) is 9.78 Å². The number of carbonyl (C=O) groups excluding carboxylic acids is 4. The van der Waals surface area contributed by atoms with Gasteiger partial charge < -0.3 is 43.2 Å². The summed E-state index contributed by atoms with van der Waals surface area (Å²) in [6, 6.07) is 2.76. The number of esters is 1. The van der Waals surface area contributed by atoms with Crippen molar-refractivity contribution in [2.45, 2.75) is 148 Å². The molecule has 0 radical (unpaired) electrons. The number of imidazole rings is 1. The summed E-state index contributed by atoms with van der Waals surface area (Å²) in [6.45, 7) is 13.2. The third-order valence-electron chi connectivity index (χ3n) is 12.5. The zero-order valence-electron chi connectivity index (χ0n) is 35.3. The number of aryl methyl sites for hydroxylation is 1. The first-order chi connectivity index (χ1) is 26.9. The van der Waals surface area contributed by atoms with Gasteiger partial charge in [-0.05, 0) is 86.0 Å². The normalized spacial score (nSPS) is 35.8. The second-order valence-corrected chi connectivity index (χ2v) is 16.9. The minimum Gasteiger partial charge on any atom is -0.458 e. The molecule has 3 fully saturated rings. The van der Waals surface area contributed by atoms with Gasteiger partial charge in [-0.3, -0.25) is 19.4 Å². The number of methoxy groups -OCH3 is 1. The lowest BCUT2D eigenvalue weighted by molar-refractivity contribution is -0.289. The summed E-state index contributed by atoms with van der Waals surface area (Å²) < 4.78 is 32.9. The van der Waals surface area contributed by atoms with E-state index in [2.05, 4.69) is 9.97 Å². The zero-order valence-corrected chi connectivity index (χ0v) is 35.3. The second kappa shape index (κ2) is 18.4. The zero-order chi connectivity index (χ0) is 41.8. The molecule has 0 aromatic carbocycles. The van der Waals surface area contributed by atoms with E-state index >= 15 is 0 Å². The van der Waals surface area contributed by atoms with E-state index in [0.29, 0.717) is 32.4 Å². The average Bonchev–Trinajstić information content (AvgIpc) is 3.76.